The third-order valence-corrected chi connectivity index (χ3v) is 3.83. The fraction of sp³-hybridized carbons (Fsp3) is 0.211. The number of rotatable bonds is 6. The fourth-order valence-corrected chi connectivity index (χ4v) is 2.66. The highest BCUT2D eigenvalue weighted by Crippen LogP contribution is 2.30. The van der Waals surface area contributed by atoms with E-state index < -0.39 is 0 Å². The Morgan fingerprint density at radius 2 is 2.00 bits per heavy atom. The van der Waals surface area contributed by atoms with Gasteiger partial charge < -0.3 is 14.8 Å². The van der Waals surface area contributed by atoms with E-state index in [4.69, 9.17) is 9.47 Å². The first-order chi connectivity index (χ1) is 12.6. The third-order valence-electron chi connectivity index (χ3n) is 3.83. The molecule has 0 saturated heterocycles. The van der Waals surface area contributed by atoms with Gasteiger partial charge >= 0.3 is 0 Å². The number of fused-ring (bicyclic) bond motifs is 1. The number of nitrogens with zero attached hydrogens (tertiary/aromatic N) is 1. The van der Waals surface area contributed by atoms with Crippen molar-refractivity contribution in [1.29, 1.82) is 0 Å². The van der Waals surface area contributed by atoms with Crippen molar-refractivity contribution in [3.8, 4) is 11.5 Å². The molecule has 0 saturated carbocycles. The lowest BCUT2D eigenvalue weighted by molar-refractivity contribution is -0.123. The summed E-state index contributed by atoms with van der Waals surface area (Å²) in [5, 5.41) is 2.73. The van der Waals surface area contributed by atoms with Gasteiger partial charge in [-0.25, -0.2) is 0 Å². The molecular weight excluding hydrogens is 336 g/mol. The van der Waals surface area contributed by atoms with Gasteiger partial charge in [-0.2, -0.15) is 0 Å². The van der Waals surface area contributed by atoms with Crippen LogP contribution < -0.4 is 19.7 Å². The van der Waals surface area contributed by atoms with Crippen molar-refractivity contribution >= 4 is 29.5 Å². The molecule has 7 heteroatoms. The molecule has 0 spiro atoms. The van der Waals surface area contributed by atoms with Crippen LogP contribution in [0.3, 0.4) is 0 Å². The van der Waals surface area contributed by atoms with E-state index in [1.165, 1.54) is 4.90 Å². The molecule has 0 fully saturated rings. The SMILES string of the molecule is CCOc1cc(C=O)ccc1OCC(=O)N1CC(=O)Nc2ccccc21. The number of amides is 2. The standard InChI is InChI=1S/C19H18N2O5/c1-2-25-17-9-13(11-22)7-8-16(17)26-12-19(24)21-10-18(23)20-14-5-3-4-6-15(14)21/h3-9,11H,2,10,12H2,1H3,(H,20,23). The molecule has 134 valence electrons. The normalized spacial score (nSPS) is 12.8. The number of nitrogens with one attached hydrogen (secondary N) is 1. The molecule has 0 aromatic heterocycles. The molecule has 1 heterocycles. The number of ether oxygens (including phenoxy) is 2. The van der Waals surface area contributed by atoms with Crippen molar-refractivity contribution in [2.45, 2.75) is 6.92 Å². The largest absolute Gasteiger partial charge is 0.490 e. The molecule has 0 atom stereocenters. The van der Waals surface area contributed by atoms with E-state index in [9.17, 15) is 14.4 Å². The number of hydrogen-bond acceptors (Lipinski definition) is 5. The molecule has 2 aromatic rings. The molecule has 2 aromatic carbocycles. The van der Waals surface area contributed by atoms with Gasteiger partial charge in [0.1, 0.15) is 12.8 Å². The van der Waals surface area contributed by atoms with Crippen LogP contribution in [0.4, 0.5) is 11.4 Å². The van der Waals surface area contributed by atoms with Crippen LogP contribution in [0, 0.1) is 0 Å². The highest BCUT2D eigenvalue weighted by Gasteiger charge is 2.27. The van der Waals surface area contributed by atoms with Crippen molar-refractivity contribution < 1.29 is 23.9 Å². The number of benzene rings is 2. The molecule has 0 aliphatic carbocycles. The molecule has 1 N–H and O–H groups in total. The maximum atomic E-state index is 12.6. The quantitative estimate of drug-likeness (QED) is 0.805. The zero-order valence-corrected chi connectivity index (χ0v) is 14.2. The summed E-state index contributed by atoms with van der Waals surface area (Å²) in [6.07, 6.45) is 0.709. The minimum Gasteiger partial charge on any atom is -0.490 e. The van der Waals surface area contributed by atoms with Crippen LogP contribution in [-0.2, 0) is 9.59 Å². The fourth-order valence-electron chi connectivity index (χ4n) is 2.66. The van der Waals surface area contributed by atoms with Crippen LogP contribution in [-0.4, -0.2) is 37.9 Å². The average Bonchev–Trinajstić information content (AvgIpc) is 2.66. The third kappa shape index (κ3) is 3.66. The van der Waals surface area contributed by atoms with Crippen molar-refractivity contribution in [3.63, 3.8) is 0 Å². The summed E-state index contributed by atoms with van der Waals surface area (Å²) in [5.41, 5.74) is 1.67. The lowest BCUT2D eigenvalue weighted by Crippen LogP contribution is -2.44. The Kier molecular flexibility index (Phi) is 5.17. The van der Waals surface area contributed by atoms with Crippen molar-refractivity contribution in [1.82, 2.24) is 0 Å². The number of anilines is 2. The van der Waals surface area contributed by atoms with Crippen molar-refractivity contribution in [2.75, 3.05) is 30.0 Å². The number of carbonyl (C=O) groups is 3. The molecular formula is C19H18N2O5. The predicted molar refractivity (Wildman–Crippen MR) is 95.9 cm³/mol. The first kappa shape index (κ1) is 17.5. The molecule has 2 amide bonds. The summed E-state index contributed by atoms with van der Waals surface area (Å²) < 4.78 is 11.0. The molecule has 0 radical (unpaired) electrons. The van der Waals surface area contributed by atoms with Gasteiger partial charge in [0, 0.05) is 5.56 Å². The smallest absolute Gasteiger partial charge is 0.265 e. The summed E-state index contributed by atoms with van der Waals surface area (Å²) in [4.78, 5) is 36.7. The maximum Gasteiger partial charge on any atom is 0.265 e. The highest BCUT2D eigenvalue weighted by atomic mass is 16.5. The van der Waals surface area contributed by atoms with Crippen LogP contribution in [0.25, 0.3) is 0 Å². The lowest BCUT2D eigenvalue weighted by Gasteiger charge is -2.29. The van der Waals surface area contributed by atoms with E-state index >= 15 is 0 Å². The second kappa shape index (κ2) is 7.69. The second-order valence-corrected chi connectivity index (χ2v) is 5.59. The van der Waals surface area contributed by atoms with E-state index in [0.717, 1.165) is 0 Å². The van der Waals surface area contributed by atoms with Gasteiger partial charge in [-0.15, -0.1) is 0 Å². The Morgan fingerprint density at radius 3 is 2.77 bits per heavy atom. The van der Waals surface area contributed by atoms with E-state index in [2.05, 4.69) is 5.32 Å². The van der Waals surface area contributed by atoms with Gasteiger partial charge in [-0.1, -0.05) is 12.1 Å². The highest BCUT2D eigenvalue weighted by molar-refractivity contribution is 6.10. The summed E-state index contributed by atoms with van der Waals surface area (Å²) in [5.74, 6) is 0.138. The maximum absolute atomic E-state index is 12.6. The molecule has 3 rings (SSSR count). The predicted octanol–water partition coefficient (Wildman–Crippen LogP) is 2.26. The van der Waals surface area contributed by atoms with Crippen molar-refractivity contribution in [2.24, 2.45) is 0 Å². The molecule has 26 heavy (non-hydrogen) atoms. The summed E-state index contributed by atoms with van der Waals surface area (Å²) in [6.45, 7) is 1.88. The molecule has 1 aliphatic heterocycles. The van der Waals surface area contributed by atoms with Crippen LogP contribution >= 0.6 is 0 Å². The van der Waals surface area contributed by atoms with Gasteiger partial charge in [0.15, 0.2) is 18.1 Å². The monoisotopic (exact) mass is 354 g/mol. The number of aldehydes is 1. The molecule has 7 nitrogen and oxygen atoms in total. The summed E-state index contributed by atoms with van der Waals surface area (Å²) >= 11 is 0. The van der Waals surface area contributed by atoms with E-state index in [-0.39, 0.29) is 25.0 Å². The average molecular weight is 354 g/mol. The first-order valence-electron chi connectivity index (χ1n) is 8.16. The molecule has 0 bridgehead atoms. The zero-order valence-electron chi connectivity index (χ0n) is 14.2. The minimum absolute atomic E-state index is 0.0679. The minimum atomic E-state index is -0.353. The lowest BCUT2D eigenvalue weighted by atomic mass is 10.2. The van der Waals surface area contributed by atoms with E-state index in [1.54, 1.807) is 42.5 Å². The van der Waals surface area contributed by atoms with Gasteiger partial charge in [0.25, 0.3) is 5.91 Å². The Hall–Kier alpha value is -3.35. The van der Waals surface area contributed by atoms with Crippen LogP contribution in [0.15, 0.2) is 42.5 Å². The van der Waals surface area contributed by atoms with Gasteiger partial charge in [0.05, 0.1) is 18.0 Å². The second-order valence-electron chi connectivity index (χ2n) is 5.59. The molecule has 0 unspecified atom stereocenters. The topological polar surface area (TPSA) is 84.9 Å². The Labute approximate surface area is 150 Å². The summed E-state index contributed by atoms with van der Waals surface area (Å²) in [7, 11) is 0. The number of hydrogen-bond donors (Lipinski definition) is 1. The van der Waals surface area contributed by atoms with Gasteiger partial charge in [0.2, 0.25) is 5.91 Å². The van der Waals surface area contributed by atoms with Crippen LogP contribution in [0.1, 0.15) is 17.3 Å². The Bertz CT molecular complexity index is 850. The zero-order chi connectivity index (χ0) is 18.5. The van der Waals surface area contributed by atoms with Gasteiger partial charge in [-0.3, -0.25) is 19.3 Å². The molecule has 1 aliphatic rings. The Balaban J connectivity index is 1.75. The van der Waals surface area contributed by atoms with Crippen molar-refractivity contribution in [3.05, 3.63) is 48.0 Å². The summed E-state index contributed by atoms with van der Waals surface area (Å²) in [6, 6.07) is 11.8. The number of para-hydroxylation sites is 2. The Morgan fingerprint density at radius 1 is 1.19 bits per heavy atom. The van der Waals surface area contributed by atoms with E-state index in [0.29, 0.717) is 41.3 Å². The van der Waals surface area contributed by atoms with Gasteiger partial charge in [-0.05, 0) is 37.3 Å². The first-order valence-corrected chi connectivity index (χ1v) is 8.16. The number of carbonyl (C=O) groups excluding carboxylic acids is 3. The van der Waals surface area contributed by atoms with Crippen LogP contribution in [0.2, 0.25) is 0 Å². The van der Waals surface area contributed by atoms with Crippen LogP contribution in [0.5, 0.6) is 11.5 Å². The van der Waals surface area contributed by atoms with E-state index in [1.807, 2.05) is 6.92 Å².